The fraction of sp³-hybridized carbons (Fsp3) is 1.00. The molecule has 0 atom stereocenters. The van der Waals surface area contributed by atoms with Crippen molar-refractivity contribution in [2.24, 2.45) is 0 Å². The van der Waals surface area contributed by atoms with Crippen LogP contribution in [0.4, 0.5) is 0 Å². The van der Waals surface area contributed by atoms with Gasteiger partial charge in [0.25, 0.3) is 0 Å². The van der Waals surface area contributed by atoms with Crippen molar-refractivity contribution in [3.05, 3.63) is 0 Å². The molecule has 0 saturated heterocycles. The fourth-order valence-corrected chi connectivity index (χ4v) is 3.92. The monoisotopic (exact) mass is 309 g/mol. The zero-order valence-electron chi connectivity index (χ0n) is 14.3. The Labute approximate surface area is 122 Å². The zero-order valence-corrected chi connectivity index (χ0v) is 16.3. The van der Waals surface area contributed by atoms with E-state index in [2.05, 4.69) is 31.5 Å². The molecule has 0 aromatic rings. The van der Waals surface area contributed by atoms with Crippen LogP contribution in [0.5, 0.6) is 0 Å². The van der Waals surface area contributed by atoms with Crippen LogP contribution in [0.2, 0.25) is 25.7 Å². The van der Waals surface area contributed by atoms with Crippen LogP contribution in [0.3, 0.4) is 0 Å². The van der Waals surface area contributed by atoms with Crippen molar-refractivity contribution in [1.82, 2.24) is 4.98 Å². The van der Waals surface area contributed by atoms with Crippen molar-refractivity contribution >= 4 is 17.0 Å². The maximum Gasteiger partial charge on any atom is 0.500 e. The Morgan fingerprint density at radius 2 is 1.11 bits per heavy atom. The number of hydrogen-bond acceptors (Lipinski definition) is 4. The quantitative estimate of drug-likeness (QED) is 0.662. The molecule has 0 aliphatic heterocycles. The molecular weight excluding hydrogens is 274 g/mol. The van der Waals surface area contributed by atoms with Gasteiger partial charge in [-0.2, -0.15) is 0 Å². The normalized spacial score (nSPS) is 12.0. The zero-order chi connectivity index (χ0) is 15.4. The minimum Gasteiger partial charge on any atom is -0.374 e. The van der Waals surface area contributed by atoms with Gasteiger partial charge < -0.3 is 18.3 Å². The summed E-state index contributed by atoms with van der Waals surface area (Å²) in [5.74, 6) is 0. The smallest absolute Gasteiger partial charge is 0.374 e. The Morgan fingerprint density at radius 1 is 0.789 bits per heavy atom. The van der Waals surface area contributed by atoms with Crippen LogP contribution in [0, 0.1) is 0 Å². The molecule has 0 aromatic heterocycles. The van der Waals surface area contributed by atoms with E-state index in [-0.39, 0.29) is 0 Å². The molecule has 0 fully saturated rings. The van der Waals surface area contributed by atoms with E-state index in [1.165, 1.54) is 0 Å². The molecule has 0 radical (unpaired) electrons. The summed E-state index contributed by atoms with van der Waals surface area (Å²) in [4.78, 5) is 3.24. The Morgan fingerprint density at radius 3 is 1.26 bits per heavy atom. The van der Waals surface area contributed by atoms with Gasteiger partial charge in [-0.3, -0.25) is 0 Å². The van der Waals surface area contributed by atoms with Crippen molar-refractivity contribution in [1.29, 1.82) is 0 Å². The Balaban J connectivity index is 0. The average molecular weight is 310 g/mol. The molecule has 6 heteroatoms. The molecule has 0 aliphatic rings. The van der Waals surface area contributed by atoms with Crippen LogP contribution < -0.4 is 4.98 Å². The first-order valence-electron chi connectivity index (χ1n) is 7.41. The molecule has 4 nitrogen and oxygen atoms in total. The molecule has 0 rings (SSSR count). The Hall–Kier alpha value is 0.274. The second kappa shape index (κ2) is 12.0. The van der Waals surface area contributed by atoms with Gasteiger partial charge in [-0.05, 0) is 27.8 Å². The lowest BCUT2D eigenvalue weighted by Gasteiger charge is -2.27. The minimum atomic E-state index is -2.30. The second-order valence-corrected chi connectivity index (χ2v) is 13.0. The van der Waals surface area contributed by atoms with Crippen LogP contribution >= 0.6 is 0 Å². The summed E-state index contributed by atoms with van der Waals surface area (Å²) in [6.45, 7) is 16.9. The molecule has 0 spiro atoms. The van der Waals surface area contributed by atoms with Crippen molar-refractivity contribution in [3.8, 4) is 0 Å². The third-order valence-electron chi connectivity index (χ3n) is 2.40. The third-order valence-corrected chi connectivity index (χ3v) is 7.20. The van der Waals surface area contributed by atoms with Crippen LogP contribution in [-0.4, -0.2) is 43.9 Å². The summed E-state index contributed by atoms with van der Waals surface area (Å²) in [6.07, 6.45) is 1.05. The molecule has 0 bridgehead atoms. The third kappa shape index (κ3) is 13.0. The van der Waals surface area contributed by atoms with Crippen LogP contribution in [0.1, 0.15) is 34.1 Å². The van der Waals surface area contributed by atoms with E-state index in [1.54, 1.807) is 0 Å². The summed E-state index contributed by atoms with van der Waals surface area (Å²) in [6, 6.07) is 0.919. The second-order valence-electron chi connectivity index (χ2n) is 5.23. The summed E-state index contributed by atoms with van der Waals surface area (Å²) in [5, 5.41) is 0. The molecule has 0 aromatic carbocycles. The van der Waals surface area contributed by atoms with Crippen molar-refractivity contribution < 1.29 is 13.3 Å². The Kier molecular flexibility index (Phi) is 13.7. The van der Waals surface area contributed by atoms with Crippen molar-refractivity contribution in [3.63, 3.8) is 0 Å². The highest BCUT2D eigenvalue weighted by molar-refractivity contribution is 6.73. The molecule has 0 aliphatic carbocycles. The first-order chi connectivity index (χ1) is 8.80. The van der Waals surface area contributed by atoms with E-state index in [0.29, 0.717) is 19.8 Å². The number of rotatable bonds is 9. The van der Waals surface area contributed by atoms with Crippen LogP contribution in [-0.2, 0) is 13.3 Å². The predicted molar refractivity (Wildman–Crippen MR) is 88.1 cm³/mol. The fourth-order valence-electron chi connectivity index (χ4n) is 1.31. The molecule has 118 valence electrons. The lowest BCUT2D eigenvalue weighted by Crippen LogP contribution is -2.45. The van der Waals surface area contributed by atoms with Crippen molar-refractivity contribution in [2.45, 2.75) is 59.8 Å². The van der Waals surface area contributed by atoms with Gasteiger partial charge >= 0.3 is 8.80 Å². The molecule has 0 saturated carbocycles. The largest absolute Gasteiger partial charge is 0.500 e. The number of hydrogen-bond donors (Lipinski definition) is 1. The maximum atomic E-state index is 5.65. The predicted octanol–water partition coefficient (Wildman–Crippen LogP) is 3.49. The van der Waals surface area contributed by atoms with Crippen molar-refractivity contribution in [2.75, 3.05) is 26.9 Å². The van der Waals surface area contributed by atoms with Gasteiger partial charge in [0.05, 0.1) is 0 Å². The van der Waals surface area contributed by atoms with Gasteiger partial charge in [0.2, 0.25) is 0 Å². The highest BCUT2D eigenvalue weighted by atomic mass is 28.4. The molecule has 19 heavy (non-hydrogen) atoms. The minimum absolute atomic E-state index is 0.673. The van der Waals surface area contributed by atoms with E-state index >= 15 is 0 Å². The van der Waals surface area contributed by atoms with Gasteiger partial charge in [0.15, 0.2) is 0 Å². The first kappa shape index (κ1) is 21.6. The van der Waals surface area contributed by atoms with Gasteiger partial charge in [-0.25, -0.2) is 0 Å². The average Bonchev–Trinajstić information content (AvgIpc) is 2.30. The SMILES string of the molecule is CCC[Si](OCC)(OCC)OCC.CN[Si](C)(C)C. The first-order valence-corrected chi connectivity index (χ1v) is 12.8. The van der Waals surface area contributed by atoms with E-state index in [1.807, 2.05) is 27.8 Å². The van der Waals surface area contributed by atoms with Gasteiger partial charge in [-0.1, -0.05) is 33.0 Å². The lowest BCUT2D eigenvalue weighted by molar-refractivity contribution is 0.0712. The Bertz CT molecular complexity index is 169. The number of nitrogens with one attached hydrogen (secondary N) is 1. The summed E-state index contributed by atoms with van der Waals surface area (Å²) in [5.41, 5.74) is 0. The van der Waals surface area contributed by atoms with E-state index < -0.39 is 17.0 Å². The van der Waals surface area contributed by atoms with E-state index in [0.717, 1.165) is 12.5 Å². The summed E-state index contributed by atoms with van der Waals surface area (Å²) >= 11 is 0. The van der Waals surface area contributed by atoms with Crippen LogP contribution in [0.15, 0.2) is 0 Å². The highest BCUT2D eigenvalue weighted by Gasteiger charge is 2.38. The van der Waals surface area contributed by atoms with Gasteiger partial charge in [-0.15, -0.1) is 0 Å². The van der Waals surface area contributed by atoms with Crippen LogP contribution in [0.25, 0.3) is 0 Å². The van der Waals surface area contributed by atoms with Gasteiger partial charge in [0, 0.05) is 25.9 Å². The topological polar surface area (TPSA) is 39.7 Å². The molecule has 0 unspecified atom stereocenters. The molecule has 0 heterocycles. The van der Waals surface area contributed by atoms with Gasteiger partial charge in [0.1, 0.15) is 8.24 Å². The molecule has 1 N–H and O–H groups in total. The van der Waals surface area contributed by atoms with E-state index in [4.69, 9.17) is 13.3 Å². The standard InChI is InChI=1S/C9H22O3Si.C4H13NSi/c1-5-9-13(10-6-2,11-7-3)12-8-4;1-5-6(2,3)4/h5-9H2,1-4H3;5H,1-4H3. The summed E-state index contributed by atoms with van der Waals surface area (Å²) in [7, 11) is -1.16. The van der Waals surface area contributed by atoms with E-state index in [9.17, 15) is 0 Å². The molecular formula is C13H35NO3Si2. The summed E-state index contributed by atoms with van der Waals surface area (Å²) < 4.78 is 16.9. The maximum absolute atomic E-state index is 5.65. The molecule has 0 amide bonds. The highest BCUT2D eigenvalue weighted by Crippen LogP contribution is 2.17. The lowest BCUT2D eigenvalue weighted by atomic mass is 10.6.